The molecule has 1 aliphatic heterocycles. The van der Waals surface area contributed by atoms with Crippen LogP contribution in [0.3, 0.4) is 0 Å². The minimum absolute atomic E-state index is 0.0593. The number of para-hydroxylation sites is 1. The van der Waals surface area contributed by atoms with Crippen molar-refractivity contribution in [2.45, 2.75) is 0 Å². The Balaban J connectivity index is 2.55. The minimum Gasteiger partial charge on any atom is -0.456 e. The zero-order valence-electron chi connectivity index (χ0n) is 10.3. The number of hydrogen-bond acceptors (Lipinski definition) is 6. The molecule has 0 amide bonds. The molecule has 1 heterocycles. The molecule has 0 saturated heterocycles. The van der Waals surface area contributed by atoms with Gasteiger partial charge in [0.15, 0.2) is 0 Å². The van der Waals surface area contributed by atoms with Crippen LogP contribution in [0.5, 0.6) is 0 Å². The molecule has 1 aromatic rings. The second kappa shape index (κ2) is 4.37. The van der Waals surface area contributed by atoms with Crippen LogP contribution in [-0.4, -0.2) is 9.85 Å². The molecule has 0 aromatic heterocycles. The first-order valence-corrected chi connectivity index (χ1v) is 5.77. The van der Waals surface area contributed by atoms with Gasteiger partial charge in [-0.25, -0.2) is 0 Å². The van der Waals surface area contributed by atoms with Gasteiger partial charge in [-0.3, -0.25) is 25.0 Å². The van der Waals surface area contributed by atoms with E-state index in [1.54, 1.807) is 24.3 Å². The molecule has 2 aliphatic rings. The fraction of sp³-hybridized carbons (Fsp3) is 0. The van der Waals surface area contributed by atoms with Gasteiger partial charge < -0.3 is 4.42 Å². The molecule has 21 heavy (non-hydrogen) atoms. The zero-order chi connectivity index (χ0) is 15.1. The summed E-state index contributed by atoms with van der Waals surface area (Å²) in [6.07, 6.45) is 0. The van der Waals surface area contributed by atoms with E-state index in [-0.39, 0.29) is 11.3 Å². The van der Waals surface area contributed by atoms with Crippen LogP contribution in [0, 0.1) is 20.2 Å². The first kappa shape index (κ1) is 12.7. The maximum Gasteiger partial charge on any atom is 0.393 e. The van der Waals surface area contributed by atoms with Crippen molar-refractivity contribution in [3.05, 3.63) is 66.9 Å². The first-order chi connectivity index (χ1) is 9.99. The van der Waals surface area contributed by atoms with Crippen molar-refractivity contribution in [2.75, 3.05) is 0 Å². The van der Waals surface area contributed by atoms with Crippen LogP contribution >= 0.6 is 0 Å². The average molecular weight is 286 g/mol. The summed E-state index contributed by atoms with van der Waals surface area (Å²) >= 11 is 0. The van der Waals surface area contributed by atoms with Gasteiger partial charge in [-0.2, -0.15) is 0 Å². The van der Waals surface area contributed by atoms with E-state index >= 15 is 0 Å². The molecule has 0 atom stereocenters. The third kappa shape index (κ3) is 1.89. The summed E-state index contributed by atoms with van der Waals surface area (Å²) in [5.74, 6) is -0.0593. The number of nitro groups is 2. The smallest absolute Gasteiger partial charge is 0.393 e. The summed E-state index contributed by atoms with van der Waals surface area (Å²) in [5, 5.41) is 22.6. The molecule has 0 N–H and O–H groups in total. The van der Waals surface area contributed by atoms with Crippen molar-refractivity contribution < 1.29 is 14.3 Å². The highest BCUT2D eigenvalue weighted by molar-refractivity contribution is 5.88. The molecule has 0 saturated carbocycles. The van der Waals surface area contributed by atoms with Crippen LogP contribution in [0.25, 0.3) is 22.3 Å². The molecular weight excluding hydrogens is 280 g/mol. The van der Waals surface area contributed by atoms with Gasteiger partial charge in [-0.1, -0.05) is 18.2 Å². The molecule has 104 valence electrons. The molecule has 0 fully saturated rings. The second-order valence-corrected chi connectivity index (χ2v) is 4.28. The Bertz CT molecular complexity index is 930. The number of nitro benzene ring substituents is 2. The fourth-order valence-corrected chi connectivity index (χ4v) is 2.18. The Morgan fingerprint density at radius 3 is 2.29 bits per heavy atom. The molecule has 0 unspecified atom stereocenters. The van der Waals surface area contributed by atoms with Crippen LogP contribution in [0.2, 0.25) is 0 Å². The summed E-state index contributed by atoms with van der Waals surface area (Å²) in [6.45, 7) is 0. The lowest BCUT2D eigenvalue weighted by atomic mass is 10.0. The van der Waals surface area contributed by atoms with Gasteiger partial charge in [0.2, 0.25) is 0 Å². The van der Waals surface area contributed by atoms with Crippen molar-refractivity contribution in [1.29, 1.82) is 0 Å². The third-order valence-corrected chi connectivity index (χ3v) is 3.04. The van der Waals surface area contributed by atoms with E-state index in [4.69, 9.17) is 4.42 Å². The monoisotopic (exact) mass is 286 g/mol. The molecule has 8 nitrogen and oxygen atoms in total. The van der Waals surface area contributed by atoms with E-state index in [1.807, 2.05) is 0 Å². The number of nitrogens with zero attached hydrogens (tertiary/aromatic N) is 2. The van der Waals surface area contributed by atoms with Crippen LogP contribution in [0.4, 0.5) is 11.4 Å². The molecule has 8 heteroatoms. The first-order valence-electron chi connectivity index (χ1n) is 5.77. The van der Waals surface area contributed by atoms with E-state index in [2.05, 4.69) is 0 Å². The predicted octanol–water partition coefficient (Wildman–Crippen LogP) is 2.71. The van der Waals surface area contributed by atoms with E-state index in [0.717, 1.165) is 6.07 Å². The van der Waals surface area contributed by atoms with Crippen LogP contribution in [0.1, 0.15) is 0 Å². The van der Waals surface area contributed by atoms with Crippen LogP contribution < -0.4 is 5.43 Å². The Morgan fingerprint density at radius 1 is 0.952 bits per heavy atom. The quantitative estimate of drug-likeness (QED) is 0.406. The highest BCUT2D eigenvalue weighted by atomic mass is 16.6. The van der Waals surface area contributed by atoms with Gasteiger partial charge in [0.25, 0.3) is 5.43 Å². The number of rotatable bonds is 2. The maximum absolute atomic E-state index is 11.7. The number of fused-ring (bicyclic) bond motifs is 2. The van der Waals surface area contributed by atoms with Crippen molar-refractivity contribution in [1.82, 2.24) is 0 Å². The van der Waals surface area contributed by atoms with Gasteiger partial charge in [-0.15, -0.1) is 0 Å². The topological polar surface area (TPSA) is 116 Å². The highest BCUT2D eigenvalue weighted by Gasteiger charge is 2.35. The van der Waals surface area contributed by atoms with Crippen molar-refractivity contribution in [3.63, 3.8) is 0 Å². The maximum atomic E-state index is 11.7. The van der Waals surface area contributed by atoms with Gasteiger partial charge >= 0.3 is 11.4 Å². The molecule has 1 aromatic carbocycles. The summed E-state index contributed by atoms with van der Waals surface area (Å²) in [7, 11) is 0. The lowest BCUT2D eigenvalue weighted by Crippen LogP contribution is -2.12. The number of benzene rings is 2. The van der Waals surface area contributed by atoms with E-state index in [0.29, 0.717) is 11.0 Å². The van der Waals surface area contributed by atoms with Crippen LogP contribution in [-0.2, 0) is 0 Å². The van der Waals surface area contributed by atoms with Gasteiger partial charge in [0, 0.05) is 11.5 Å². The Hall–Kier alpha value is -3.29. The molecular formula is C13H6N2O6. The van der Waals surface area contributed by atoms with Crippen LogP contribution in [0.15, 0.2) is 45.6 Å². The minimum atomic E-state index is -1.06. The Morgan fingerprint density at radius 2 is 1.62 bits per heavy atom. The summed E-state index contributed by atoms with van der Waals surface area (Å²) in [6, 6.07) is 8.98. The standard InChI is InChI=1S/C13H6N2O6/c16-9-6-11-8(12(14(17)18)13(9)15(19)20)5-7-3-1-2-4-10(7)21-11/h1-6H. The summed E-state index contributed by atoms with van der Waals surface area (Å²) in [5.41, 5.74) is -2.62. The Labute approximate surface area is 115 Å². The summed E-state index contributed by atoms with van der Waals surface area (Å²) < 4.78 is 5.43. The zero-order valence-corrected chi connectivity index (χ0v) is 10.3. The van der Waals surface area contributed by atoms with E-state index in [1.165, 1.54) is 6.07 Å². The van der Waals surface area contributed by atoms with Gasteiger partial charge in [-0.05, 0) is 12.1 Å². The van der Waals surface area contributed by atoms with E-state index < -0.39 is 26.7 Å². The van der Waals surface area contributed by atoms with Crippen molar-refractivity contribution >= 4 is 22.3 Å². The fourth-order valence-electron chi connectivity index (χ4n) is 2.18. The Kier molecular flexibility index (Phi) is 2.65. The normalized spacial score (nSPS) is 10.9. The molecule has 1 aliphatic carbocycles. The highest BCUT2D eigenvalue weighted by Crippen LogP contribution is 2.38. The predicted molar refractivity (Wildman–Crippen MR) is 72.4 cm³/mol. The summed E-state index contributed by atoms with van der Waals surface area (Å²) in [4.78, 5) is 31.8. The third-order valence-electron chi connectivity index (χ3n) is 3.04. The molecule has 0 bridgehead atoms. The molecule has 0 radical (unpaired) electrons. The van der Waals surface area contributed by atoms with Gasteiger partial charge in [0.1, 0.15) is 16.9 Å². The van der Waals surface area contributed by atoms with Gasteiger partial charge in [0.05, 0.1) is 9.85 Å². The van der Waals surface area contributed by atoms with Crippen molar-refractivity contribution in [2.24, 2.45) is 0 Å². The lowest BCUT2D eigenvalue weighted by molar-refractivity contribution is -0.422. The van der Waals surface area contributed by atoms with Crippen molar-refractivity contribution in [3.8, 4) is 11.3 Å². The largest absolute Gasteiger partial charge is 0.456 e. The van der Waals surface area contributed by atoms with E-state index in [9.17, 15) is 25.0 Å². The molecule has 0 spiro atoms. The SMILES string of the molecule is O=c1cc2oc3ccccc3cc-2c([N+](=O)[O-])c1[N+](=O)[O-]. The average Bonchev–Trinajstić information content (AvgIpc) is 2.43. The second-order valence-electron chi connectivity index (χ2n) is 4.28. The lowest BCUT2D eigenvalue weighted by Gasteiger charge is -2.07. The number of hydrogen-bond donors (Lipinski definition) is 0. The molecule has 3 rings (SSSR count).